The topological polar surface area (TPSA) is 56.0 Å². The van der Waals surface area contributed by atoms with Gasteiger partial charge in [0, 0.05) is 0 Å². The van der Waals surface area contributed by atoms with Gasteiger partial charge in [-0.3, -0.25) is 10.1 Å². The zero-order valence-corrected chi connectivity index (χ0v) is 4.74. The smallest absolute Gasteiger partial charge is 0.258 e. The summed E-state index contributed by atoms with van der Waals surface area (Å²) in [5.74, 6) is -0.825. The van der Waals surface area contributed by atoms with E-state index in [-0.39, 0.29) is 5.69 Å². The molecule has 0 bridgehead atoms. The molecule has 0 unspecified atom stereocenters. The number of aromatic nitrogens is 1. The lowest BCUT2D eigenvalue weighted by molar-refractivity contribution is -0.385. The summed E-state index contributed by atoms with van der Waals surface area (Å²) in [6, 6.07) is 0.757. The summed E-state index contributed by atoms with van der Waals surface area (Å²) >= 11 is 0. The molecule has 0 aliphatic rings. The van der Waals surface area contributed by atoms with Crippen molar-refractivity contribution in [2.24, 2.45) is 0 Å². The Morgan fingerprint density at radius 2 is 2.50 bits per heavy atom. The monoisotopic (exact) mass is 141 g/mol. The van der Waals surface area contributed by atoms with Crippen LogP contribution in [0, 0.1) is 22.1 Å². The molecule has 0 aromatic carbocycles. The Kier molecular flexibility index (Phi) is 1.57. The van der Waals surface area contributed by atoms with Crippen LogP contribution >= 0.6 is 0 Å². The molecule has 0 saturated heterocycles. The van der Waals surface area contributed by atoms with E-state index in [1.807, 2.05) is 6.20 Å². The summed E-state index contributed by atoms with van der Waals surface area (Å²) in [7, 11) is 0. The van der Waals surface area contributed by atoms with Crippen molar-refractivity contribution in [3.8, 4) is 0 Å². The highest BCUT2D eigenvalue weighted by molar-refractivity contribution is 5.24. The van der Waals surface area contributed by atoms with Crippen LogP contribution in [0.3, 0.4) is 0 Å². The molecular formula is C5H2FN2O2. The summed E-state index contributed by atoms with van der Waals surface area (Å²) in [5.41, 5.74) is -0.365. The summed E-state index contributed by atoms with van der Waals surface area (Å²) in [5, 5.41) is 9.94. The highest BCUT2D eigenvalue weighted by Gasteiger charge is 2.05. The Balaban J connectivity index is 3.07. The summed E-state index contributed by atoms with van der Waals surface area (Å²) in [6.45, 7) is 0. The van der Waals surface area contributed by atoms with Gasteiger partial charge in [-0.15, -0.1) is 0 Å². The van der Waals surface area contributed by atoms with Crippen molar-refractivity contribution in [2.75, 3.05) is 0 Å². The van der Waals surface area contributed by atoms with Crippen LogP contribution in [0.25, 0.3) is 0 Å². The van der Waals surface area contributed by atoms with Crippen LogP contribution < -0.4 is 0 Å². The van der Waals surface area contributed by atoms with Crippen LogP contribution in [0.2, 0.25) is 0 Å². The minimum Gasteiger partial charge on any atom is -0.258 e. The fourth-order valence-electron chi connectivity index (χ4n) is 0.459. The fourth-order valence-corrected chi connectivity index (χ4v) is 0.459. The second-order valence-corrected chi connectivity index (χ2v) is 1.54. The zero-order valence-electron chi connectivity index (χ0n) is 4.74. The molecule has 10 heavy (non-hydrogen) atoms. The molecule has 0 saturated carbocycles. The van der Waals surface area contributed by atoms with Gasteiger partial charge in [0.1, 0.15) is 12.4 Å². The molecular weight excluding hydrogens is 139 g/mol. The maximum Gasteiger partial charge on any atom is 0.290 e. The predicted molar refractivity (Wildman–Crippen MR) is 29.7 cm³/mol. The van der Waals surface area contributed by atoms with Crippen molar-refractivity contribution in [1.29, 1.82) is 0 Å². The Hall–Kier alpha value is -1.52. The van der Waals surface area contributed by atoms with Gasteiger partial charge in [-0.05, 0) is 0 Å². The highest BCUT2D eigenvalue weighted by atomic mass is 19.1. The molecule has 1 rings (SSSR count). The first kappa shape index (κ1) is 6.60. The maximum atomic E-state index is 12.1. The van der Waals surface area contributed by atoms with E-state index < -0.39 is 10.7 Å². The predicted octanol–water partition coefficient (Wildman–Crippen LogP) is 0.929. The fraction of sp³-hybridized carbons (Fsp3) is 0. The van der Waals surface area contributed by atoms with Gasteiger partial charge in [-0.2, -0.15) is 0 Å². The Labute approximate surface area is 55.5 Å². The molecule has 0 amide bonds. The number of nitrogens with zero attached hydrogens (tertiary/aromatic N) is 2. The number of pyridine rings is 1. The van der Waals surface area contributed by atoms with Crippen LogP contribution in [0.15, 0.2) is 12.3 Å². The van der Waals surface area contributed by atoms with E-state index in [2.05, 4.69) is 4.98 Å². The average molecular weight is 141 g/mol. The van der Waals surface area contributed by atoms with Crippen molar-refractivity contribution in [2.45, 2.75) is 0 Å². The highest BCUT2D eigenvalue weighted by Crippen LogP contribution is 2.08. The average Bonchev–Trinajstić information content (AvgIpc) is 1.88. The van der Waals surface area contributed by atoms with Crippen LogP contribution in [0.5, 0.6) is 0 Å². The lowest BCUT2D eigenvalue weighted by atomic mass is 10.4. The van der Waals surface area contributed by atoms with Crippen molar-refractivity contribution in [1.82, 2.24) is 4.98 Å². The lowest BCUT2D eigenvalue weighted by Crippen LogP contribution is -1.89. The minimum absolute atomic E-state index is 0.365. The van der Waals surface area contributed by atoms with Gasteiger partial charge in [0.15, 0.2) is 5.82 Å². The normalized spacial score (nSPS) is 9.30. The Bertz CT molecular complexity index is 264. The van der Waals surface area contributed by atoms with Gasteiger partial charge in [-0.1, -0.05) is 0 Å². The second-order valence-electron chi connectivity index (χ2n) is 1.54. The Morgan fingerprint density at radius 3 is 2.90 bits per heavy atom. The SMILES string of the molecule is O=[N+]([O-])c1cn[c]c(F)c1. The molecule has 0 fully saturated rings. The first-order valence-corrected chi connectivity index (χ1v) is 2.38. The van der Waals surface area contributed by atoms with Crippen LogP contribution in [0.4, 0.5) is 10.1 Å². The molecule has 0 N–H and O–H groups in total. The van der Waals surface area contributed by atoms with Gasteiger partial charge in [0.05, 0.1) is 11.0 Å². The molecule has 0 aliphatic carbocycles. The maximum absolute atomic E-state index is 12.1. The quantitative estimate of drug-likeness (QED) is 0.431. The van der Waals surface area contributed by atoms with E-state index in [1.165, 1.54) is 0 Å². The molecule has 1 aromatic rings. The molecule has 1 radical (unpaired) electrons. The van der Waals surface area contributed by atoms with Crippen molar-refractivity contribution >= 4 is 5.69 Å². The first-order chi connectivity index (χ1) is 4.70. The van der Waals surface area contributed by atoms with Crippen molar-refractivity contribution < 1.29 is 9.31 Å². The van der Waals surface area contributed by atoms with Crippen LogP contribution in [-0.2, 0) is 0 Å². The van der Waals surface area contributed by atoms with E-state index in [9.17, 15) is 14.5 Å². The van der Waals surface area contributed by atoms with Gasteiger partial charge >= 0.3 is 0 Å². The first-order valence-electron chi connectivity index (χ1n) is 2.38. The minimum atomic E-state index is -0.825. The molecule has 1 heterocycles. The molecule has 1 aromatic heterocycles. The number of hydrogen-bond acceptors (Lipinski definition) is 3. The number of halogens is 1. The van der Waals surface area contributed by atoms with E-state index >= 15 is 0 Å². The van der Waals surface area contributed by atoms with Gasteiger partial charge in [0.25, 0.3) is 5.69 Å². The van der Waals surface area contributed by atoms with Crippen LogP contribution in [-0.4, -0.2) is 9.91 Å². The second kappa shape index (κ2) is 2.38. The molecule has 0 aliphatic heterocycles. The third kappa shape index (κ3) is 1.25. The summed E-state index contributed by atoms with van der Waals surface area (Å²) < 4.78 is 12.1. The van der Waals surface area contributed by atoms with E-state index in [4.69, 9.17) is 0 Å². The van der Waals surface area contributed by atoms with Gasteiger partial charge < -0.3 is 0 Å². The molecule has 5 heteroatoms. The van der Waals surface area contributed by atoms with Crippen LogP contribution in [0.1, 0.15) is 0 Å². The number of hydrogen-bond donors (Lipinski definition) is 0. The summed E-state index contributed by atoms with van der Waals surface area (Å²) in [6.07, 6.45) is 2.84. The molecule has 0 spiro atoms. The summed E-state index contributed by atoms with van der Waals surface area (Å²) in [4.78, 5) is 12.4. The van der Waals surface area contributed by atoms with E-state index in [1.54, 1.807) is 0 Å². The van der Waals surface area contributed by atoms with Crippen molar-refractivity contribution in [3.63, 3.8) is 0 Å². The standard InChI is InChI=1S/C5H2FN2O2/c6-4-1-5(8(9)10)3-7-2-4/h1,3H. The zero-order chi connectivity index (χ0) is 7.56. The molecule has 0 atom stereocenters. The molecule has 4 nitrogen and oxygen atoms in total. The Morgan fingerprint density at radius 1 is 1.80 bits per heavy atom. The van der Waals surface area contributed by atoms with Crippen molar-refractivity contribution in [3.05, 3.63) is 34.4 Å². The lowest BCUT2D eigenvalue weighted by Gasteiger charge is -1.87. The van der Waals surface area contributed by atoms with E-state index in [0.717, 1.165) is 12.3 Å². The van der Waals surface area contributed by atoms with Gasteiger partial charge in [-0.25, -0.2) is 9.37 Å². The third-order valence-corrected chi connectivity index (χ3v) is 0.854. The largest absolute Gasteiger partial charge is 0.290 e. The third-order valence-electron chi connectivity index (χ3n) is 0.854. The molecule has 51 valence electrons. The number of rotatable bonds is 1. The van der Waals surface area contributed by atoms with Gasteiger partial charge in [0.2, 0.25) is 0 Å². The number of nitro groups is 1. The van der Waals surface area contributed by atoms with E-state index in [0.29, 0.717) is 0 Å².